The van der Waals surface area contributed by atoms with E-state index in [1.54, 1.807) is 4.89 Å². The quantitative estimate of drug-likeness (QED) is 0.858. The van der Waals surface area contributed by atoms with Gasteiger partial charge in [0.05, 0.1) is 6.10 Å². The van der Waals surface area contributed by atoms with Crippen LogP contribution in [0.25, 0.3) is 0 Å². The largest absolute Gasteiger partial charge is 0.284 e. The van der Waals surface area contributed by atoms with E-state index >= 15 is 0 Å². The molecule has 0 heterocycles. The number of rotatable bonds is 4. The molecule has 18 heavy (non-hydrogen) atoms. The summed E-state index contributed by atoms with van der Waals surface area (Å²) in [6.45, 7) is 0. The lowest BCUT2D eigenvalue weighted by molar-refractivity contribution is 0.0221. The van der Waals surface area contributed by atoms with Crippen LogP contribution < -0.4 is 4.89 Å². The van der Waals surface area contributed by atoms with Gasteiger partial charge in [0.1, 0.15) is 11.6 Å². The monoisotopic (exact) mass is 277 g/mol. The molecule has 0 saturated heterocycles. The van der Waals surface area contributed by atoms with Crippen molar-refractivity contribution in [2.45, 2.75) is 36.7 Å². The van der Waals surface area contributed by atoms with Crippen molar-refractivity contribution < 1.29 is 22.0 Å². The number of hydrogen-bond acceptors (Lipinski definition) is 3. The van der Waals surface area contributed by atoms with Gasteiger partial charge in [-0.3, -0.25) is 4.84 Å². The van der Waals surface area contributed by atoms with Gasteiger partial charge in [-0.05, 0) is 25.0 Å². The molecule has 0 spiro atoms. The van der Waals surface area contributed by atoms with Crippen LogP contribution in [0.2, 0.25) is 0 Å². The molecule has 1 aromatic carbocycles. The minimum Gasteiger partial charge on any atom is -0.284 e. The molecule has 0 bridgehead atoms. The second-order valence-corrected chi connectivity index (χ2v) is 5.74. The molecule has 2 rings (SSSR count). The smallest absolute Gasteiger partial charge is 0.268 e. The van der Waals surface area contributed by atoms with Gasteiger partial charge in [-0.15, -0.1) is 0 Å². The van der Waals surface area contributed by atoms with Gasteiger partial charge in [0.25, 0.3) is 10.0 Å². The molecular formula is C11H13F2NO3S. The van der Waals surface area contributed by atoms with E-state index in [-0.39, 0.29) is 6.10 Å². The molecule has 1 aromatic rings. The Hall–Kier alpha value is -1.05. The van der Waals surface area contributed by atoms with Gasteiger partial charge in [-0.2, -0.15) is 0 Å². The molecule has 0 atom stereocenters. The van der Waals surface area contributed by atoms with E-state index in [4.69, 9.17) is 4.84 Å². The SMILES string of the molecule is O=S(=O)(NOC1CCCC1)c1c(F)cccc1F. The Bertz CT molecular complexity index is 507. The highest BCUT2D eigenvalue weighted by atomic mass is 32.2. The molecule has 7 heteroatoms. The summed E-state index contributed by atoms with van der Waals surface area (Å²) in [7, 11) is -4.33. The Morgan fingerprint density at radius 1 is 1.17 bits per heavy atom. The van der Waals surface area contributed by atoms with Crippen molar-refractivity contribution in [2.75, 3.05) is 0 Å². The van der Waals surface area contributed by atoms with Crippen molar-refractivity contribution in [2.24, 2.45) is 0 Å². The maximum atomic E-state index is 13.3. The fourth-order valence-electron chi connectivity index (χ4n) is 1.92. The first-order chi connectivity index (χ1) is 8.50. The average Bonchev–Trinajstić information content (AvgIpc) is 2.78. The molecule has 0 aromatic heterocycles. The predicted octanol–water partition coefficient (Wildman–Crippen LogP) is 2.12. The fraction of sp³-hybridized carbons (Fsp3) is 0.455. The van der Waals surface area contributed by atoms with Crippen LogP contribution in [-0.2, 0) is 14.9 Å². The van der Waals surface area contributed by atoms with Gasteiger partial charge < -0.3 is 0 Å². The summed E-state index contributed by atoms with van der Waals surface area (Å²) in [5, 5.41) is 0. The Morgan fingerprint density at radius 2 is 1.72 bits per heavy atom. The normalized spacial score (nSPS) is 17.2. The van der Waals surface area contributed by atoms with Crippen LogP contribution in [0.4, 0.5) is 8.78 Å². The number of nitrogens with one attached hydrogen (secondary N) is 1. The topological polar surface area (TPSA) is 55.4 Å². The van der Waals surface area contributed by atoms with Gasteiger partial charge in [-0.1, -0.05) is 23.8 Å². The van der Waals surface area contributed by atoms with Crippen molar-refractivity contribution in [3.8, 4) is 0 Å². The van der Waals surface area contributed by atoms with E-state index < -0.39 is 26.6 Å². The molecule has 1 aliphatic carbocycles. The molecule has 100 valence electrons. The Labute approximate surface area is 104 Å². The fourth-order valence-corrected chi connectivity index (χ4v) is 2.91. The van der Waals surface area contributed by atoms with Crippen molar-refractivity contribution in [1.29, 1.82) is 0 Å². The molecule has 1 aliphatic rings. The Kier molecular flexibility index (Phi) is 3.94. The predicted molar refractivity (Wildman–Crippen MR) is 60.0 cm³/mol. The summed E-state index contributed by atoms with van der Waals surface area (Å²) in [6, 6.07) is 2.86. The molecule has 0 radical (unpaired) electrons. The number of sulfonamides is 1. The zero-order valence-electron chi connectivity index (χ0n) is 9.53. The maximum absolute atomic E-state index is 13.3. The van der Waals surface area contributed by atoms with E-state index in [0.717, 1.165) is 43.9 Å². The van der Waals surface area contributed by atoms with Crippen LogP contribution in [0.1, 0.15) is 25.7 Å². The zero-order valence-corrected chi connectivity index (χ0v) is 10.3. The highest BCUT2D eigenvalue weighted by Gasteiger charge is 2.26. The number of halogens is 2. The summed E-state index contributed by atoms with van der Waals surface area (Å²) < 4.78 is 50.1. The molecule has 4 nitrogen and oxygen atoms in total. The second-order valence-electron chi connectivity index (χ2n) is 4.16. The molecule has 1 fully saturated rings. The third-order valence-corrected chi connectivity index (χ3v) is 4.06. The van der Waals surface area contributed by atoms with Crippen LogP contribution in [0.5, 0.6) is 0 Å². The van der Waals surface area contributed by atoms with Gasteiger partial charge in [0, 0.05) is 0 Å². The van der Waals surface area contributed by atoms with Crippen LogP contribution in [0.15, 0.2) is 23.1 Å². The van der Waals surface area contributed by atoms with Crippen molar-refractivity contribution in [1.82, 2.24) is 4.89 Å². The number of hydrogen-bond donors (Lipinski definition) is 1. The molecule has 0 aliphatic heterocycles. The van der Waals surface area contributed by atoms with Gasteiger partial charge >= 0.3 is 0 Å². The molecule has 1 N–H and O–H groups in total. The second kappa shape index (κ2) is 5.29. The summed E-state index contributed by atoms with van der Waals surface area (Å²) in [5.41, 5.74) is 0. The minimum atomic E-state index is -4.33. The third-order valence-electron chi connectivity index (χ3n) is 2.81. The van der Waals surface area contributed by atoms with Gasteiger partial charge in [0.15, 0.2) is 4.90 Å². The van der Waals surface area contributed by atoms with Gasteiger partial charge in [0.2, 0.25) is 0 Å². The first kappa shape index (κ1) is 13.4. The summed E-state index contributed by atoms with van der Waals surface area (Å²) >= 11 is 0. The molecule has 1 saturated carbocycles. The third kappa shape index (κ3) is 2.85. The van der Waals surface area contributed by atoms with E-state index in [1.165, 1.54) is 0 Å². The first-order valence-corrected chi connectivity index (χ1v) is 7.10. The first-order valence-electron chi connectivity index (χ1n) is 5.62. The van der Waals surface area contributed by atoms with Crippen LogP contribution >= 0.6 is 0 Å². The zero-order chi connectivity index (χ0) is 13.2. The van der Waals surface area contributed by atoms with Crippen molar-refractivity contribution >= 4 is 10.0 Å². The van der Waals surface area contributed by atoms with Crippen LogP contribution in [0.3, 0.4) is 0 Å². The van der Waals surface area contributed by atoms with Crippen LogP contribution in [0, 0.1) is 11.6 Å². The number of benzene rings is 1. The average molecular weight is 277 g/mol. The van der Waals surface area contributed by atoms with Crippen molar-refractivity contribution in [3.05, 3.63) is 29.8 Å². The Morgan fingerprint density at radius 3 is 2.28 bits per heavy atom. The molecule has 0 amide bonds. The molecular weight excluding hydrogens is 264 g/mol. The highest BCUT2D eigenvalue weighted by Crippen LogP contribution is 2.22. The van der Waals surface area contributed by atoms with E-state index in [2.05, 4.69) is 0 Å². The van der Waals surface area contributed by atoms with Gasteiger partial charge in [-0.25, -0.2) is 17.2 Å². The van der Waals surface area contributed by atoms with E-state index in [9.17, 15) is 17.2 Å². The molecule has 0 unspecified atom stereocenters. The van der Waals surface area contributed by atoms with Crippen molar-refractivity contribution in [3.63, 3.8) is 0 Å². The standard InChI is InChI=1S/C11H13F2NO3S/c12-9-6-3-7-10(13)11(9)18(15,16)14-17-8-4-1-2-5-8/h3,6-8,14H,1-2,4-5H2. The van der Waals surface area contributed by atoms with E-state index in [0.29, 0.717) is 0 Å². The Balaban J connectivity index is 2.15. The maximum Gasteiger partial charge on any atom is 0.268 e. The lowest BCUT2D eigenvalue weighted by atomic mass is 10.3. The summed E-state index contributed by atoms with van der Waals surface area (Å²) in [5.74, 6) is -2.28. The summed E-state index contributed by atoms with van der Waals surface area (Å²) in [6.07, 6.45) is 3.17. The lowest BCUT2D eigenvalue weighted by Crippen LogP contribution is -2.29. The summed E-state index contributed by atoms with van der Waals surface area (Å²) in [4.78, 5) is 5.74. The lowest BCUT2D eigenvalue weighted by Gasteiger charge is -2.12. The highest BCUT2D eigenvalue weighted by molar-refractivity contribution is 7.89. The van der Waals surface area contributed by atoms with E-state index in [1.807, 2.05) is 0 Å². The van der Waals surface area contributed by atoms with Crippen LogP contribution in [-0.4, -0.2) is 14.5 Å². The minimum absolute atomic E-state index is 0.227.